The quantitative estimate of drug-likeness (QED) is 0.511. The SMILES string of the molecule is CCCC(C)(C)[C@@H](C)OC(=O)CCl. The highest BCUT2D eigenvalue weighted by molar-refractivity contribution is 6.26. The Labute approximate surface area is 85.6 Å². The molecule has 0 aromatic heterocycles. The lowest BCUT2D eigenvalue weighted by molar-refractivity contribution is -0.150. The molecule has 13 heavy (non-hydrogen) atoms. The summed E-state index contributed by atoms with van der Waals surface area (Å²) < 4.78 is 5.15. The van der Waals surface area contributed by atoms with E-state index in [1.54, 1.807) is 0 Å². The van der Waals surface area contributed by atoms with Gasteiger partial charge in [-0.25, -0.2) is 0 Å². The van der Waals surface area contributed by atoms with E-state index in [4.69, 9.17) is 16.3 Å². The van der Waals surface area contributed by atoms with Crippen molar-refractivity contribution in [1.29, 1.82) is 0 Å². The Morgan fingerprint density at radius 3 is 2.46 bits per heavy atom. The summed E-state index contributed by atoms with van der Waals surface area (Å²) in [5, 5.41) is 0. The molecule has 0 aliphatic rings. The third-order valence-electron chi connectivity index (χ3n) is 2.41. The zero-order valence-electron chi connectivity index (χ0n) is 8.89. The molecule has 2 nitrogen and oxygen atoms in total. The lowest BCUT2D eigenvalue weighted by atomic mass is 9.83. The summed E-state index contributed by atoms with van der Waals surface area (Å²) >= 11 is 5.35. The largest absolute Gasteiger partial charge is 0.461 e. The van der Waals surface area contributed by atoms with Crippen LogP contribution in [0, 0.1) is 5.41 Å². The first-order chi connectivity index (χ1) is 5.94. The summed E-state index contributed by atoms with van der Waals surface area (Å²) in [7, 11) is 0. The molecule has 0 bridgehead atoms. The van der Waals surface area contributed by atoms with E-state index in [1.165, 1.54) is 0 Å². The number of hydrogen-bond donors (Lipinski definition) is 0. The molecule has 0 fully saturated rings. The molecule has 0 aromatic carbocycles. The van der Waals surface area contributed by atoms with Gasteiger partial charge in [-0.05, 0) is 13.3 Å². The van der Waals surface area contributed by atoms with E-state index in [-0.39, 0.29) is 23.4 Å². The minimum atomic E-state index is -0.335. The standard InChI is InChI=1S/C10H19ClO2/c1-5-6-10(3,4)8(2)13-9(12)7-11/h8H,5-7H2,1-4H3/t8-/m1/s1. The molecular weight excluding hydrogens is 188 g/mol. The summed E-state index contributed by atoms with van der Waals surface area (Å²) in [6.45, 7) is 8.24. The maximum absolute atomic E-state index is 10.9. The minimum absolute atomic E-state index is 0.0382. The summed E-state index contributed by atoms with van der Waals surface area (Å²) in [6, 6.07) is 0. The van der Waals surface area contributed by atoms with Gasteiger partial charge < -0.3 is 4.74 Å². The molecule has 0 saturated carbocycles. The number of carbonyl (C=O) groups is 1. The number of esters is 1. The number of alkyl halides is 1. The van der Waals surface area contributed by atoms with Crippen molar-refractivity contribution in [1.82, 2.24) is 0 Å². The monoisotopic (exact) mass is 206 g/mol. The van der Waals surface area contributed by atoms with E-state index in [1.807, 2.05) is 6.92 Å². The van der Waals surface area contributed by atoms with Crippen molar-refractivity contribution in [2.24, 2.45) is 5.41 Å². The van der Waals surface area contributed by atoms with Crippen molar-refractivity contribution >= 4 is 17.6 Å². The zero-order valence-corrected chi connectivity index (χ0v) is 9.65. The van der Waals surface area contributed by atoms with Crippen molar-refractivity contribution in [3.63, 3.8) is 0 Å². The third kappa shape index (κ3) is 4.51. The van der Waals surface area contributed by atoms with Crippen LogP contribution in [0.25, 0.3) is 0 Å². The molecule has 1 atom stereocenters. The lowest BCUT2D eigenvalue weighted by Gasteiger charge is -2.30. The maximum atomic E-state index is 10.9. The molecule has 0 aliphatic carbocycles. The van der Waals surface area contributed by atoms with Crippen LogP contribution in [0.3, 0.4) is 0 Å². The van der Waals surface area contributed by atoms with Crippen LogP contribution in [0.4, 0.5) is 0 Å². The van der Waals surface area contributed by atoms with E-state index in [0.717, 1.165) is 12.8 Å². The van der Waals surface area contributed by atoms with Gasteiger partial charge in [0.15, 0.2) is 0 Å². The molecule has 0 rings (SSSR count). The molecule has 3 heteroatoms. The first-order valence-corrected chi connectivity index (χ1v) is 5.23. The Balaban J connectivity index is 4.07. The molecule has 0 unspecified atom stereocenters. The highest BCUT2D eigenvalue weighted by atomic mass is 35.5. The summed E-state index contributed by atoms with van der Waals surface area (Å²) in [6.07, 6.45) is 2.07. The Morgan fingerprint density at radius 2 is 2.08 bits per heavy atom. The molecule has 0 aliphatic heterocycles. The van der Waals surface area contributed by atoms with Gasteiger partial charge in [0.1, 0.15) is 12.0 Å². The van der Waals surface area contributed by atoms with Crippen molar-refractivity contribution in [2.75, 3.05) is 5.88 Å². The smallest absolute Gasteiger partial charge is 0.321 e. The molecule has 78 valence electrons. The fourth-order valence-corrected chi connectivity index (χ4v) is 1.30. The van der Waals surface area contributed by atoms with Gasteiger partial charge in [-0.15, -0.1) is 11.6 Å². The Kier molecular flexibility index (Phi) is 5.38. The highest BCUT2D eigenvalue weighted by Gasteiger charge is 2.27. The number of rotatable bonds is 5. The van der Waals surface area contributed by atoms with Gasteiger partial charge in [0.25, 0.3) is 0 Å². The lowest BCUT2D eigenvalue weighted by Crippen LogP contribution is -2.31. The average molecular weight is 207 g/mol. The van der Waals surface area contributed by atoms with Crippen LogP contribution in [-0.2, 0) is 9.53 Å². The second-order valence-corrected chi connectivity index (χ2v) is 4.27. The number of carbonyl (C=O) groups excluding carboxylic acids is 1. The molecule has 0 heterocycles. The number of hydrogen-bond acceptors (Lipinski definition) is 2. The van der Waals surface area contributed by atoms with Gasteiger partial charge >= 0.3 is 5.97 Å². The van der Waals surface area contributed by atoms with Crippen molar-refractivity contribution in [2.45, 2.75) is 46.6 Å². The first kappa shape index (κ1) is 12.8. The van der Waals surface area contributed by atoms with Gasteiger partial charge in [0.2, 0.25) is 0 Å². The van der Waals surface area contributed by atoms with Gasteiger partial charge in [-0.1, -0.05) is 27.2 Å². The second kappa shape index (κ2) is 5.48. The molecule has 0 spiro atoms. The van der Waals surface area contributed by atoms with Crippen LogP contribution in [-0.4, -0.2) is 18.0 Å². The molecule has 0 aromatic rings. The number of ether oxygens (including phenoxy) is 1. The van der Waals surface area contributed by atoms with Crippen LogP contribution in [0.5, 0.6) is 0 Å². The Bertz CT molecular complexity index is 166. The summed E-state index contributed by atoms with van der Waals surface area (Å²) in [5.74, 6) is -0.398. The fraction of sp³-hybridized carbons (Fsp3) is 0.900. The van der Waals surface area contributed by atoms with Crippen LogP contribution in [0.15, 0.2) is 0 Å². The van der Waals surface area contributed by atoms with Crippen LogP contribution >= 0.6 is 11.6 Å². The third-order valence-corrected chi connectivity index (χ3v) is 2.63. The van der Waals surface area contributed by atoms with E-state index < -0.39 is 0 Å². The normalized spacial score (nSPS) is 13.9. The summed E-state index contributed by atoms with van der Waals surface area (Å²) in [4.78, 5) is 10.9. The minimum Gasteiger partial charge on any atom is -0.461 e. The molecule has 0 amide bonds. The van der Waals surface area contributed by atoms with Gasteiger partial charge in [0.05, 0.1) is 0 Å². The van der Waals surface area contributed by atoms with Gasteiger partial charge in [0, 0.05) is 5.41 Å². The van der Waals surface area contributed by atoms with Crippen LogP contribution < -0.4 is 0 Å². The molecule has 0 radical (unpaired) electrons. The molecule has 0 saturated heterocycles. The summed E-state index contributed by atoms with van der Waals surface area (Å²) in [5.41, 5.74) is 0.0382. The van der Waals surface area contributed by atoms with Gasteiger partial charge in [-0.2, -0.15) is 0 Å². The van der Waals surface area contributed by atoms with Crippen molar-refractivity contribution in [3.8, 4) is 0 Å². The Morgan fingerprint density at radius 1 is 1.54 bits per heavy atom. The van der Waals surface area contributed by atoms with Crippen LogP contribution in [0.2, 0.25) is 0 Å². The van der Waals surface area contributed by atoms with Crippen molar-refractivity contribution < 1.29 is 9.53 Å². The highest BCUT2D eigenvalue weighted by Crippen LogP contribution is 2.28. The predicted molar refractivity (Wildman–Crippen MR) is 55.0 cm³/mol. The molecule has 0 N–H and O–H groups in total. The van der Waals surface area contributed by atoms with Crippen LogP contribution in [0.1, 0.15) is 40.5 Å². The fourth-order valence-electron chi connectivity index (χ4n) is 1.24. The number of halogens is 1. The van der Waals surface area contributed by atoms with E-state index in [9.17, 15) is 4.79 Å². The average Bonchev–Trinajstić information content (AvgIpc) is 2.04. The predicted octanol–water partition coefficient (Wildman–Crippen LogP) is 2.98. The topological polar surface area (TPSA) is 26.3 Å². The Hall–Kier alpha value is -0.240. The van der Waals surface area contributed by atoms with E-state index >= 15 is 0 Å². The zero-order chi connectivity index (χ0) is 10.5. The van der Waals surface area contributed by atoms with Crippen molar-refractivity contribution in [3.05, 3.63) is 0 Å². The van der Waals surface area contributed by atoms with Gasteiger partial charge in [-0.3, -0.25) is 4.79 Å². The molecular formula is C10H19ClO2. The first-order valence-electron chi connectivity index (χ1n) is 4.69. The van der Waals surface area contributed by atoms with E-state index in [2.05, 4.69) is 20.8 Å². The van der Waals surface area contributed by atoms with E-state index in [0.29, 0.717) is 0 Å². The maximum Gasteiger partial charge on any atom is 0.321 e. The second-order valence-electron chi connectivity index (χ2n) is 4.00.